The maximum atomic E-state index is 13.2. The maximum Gasteiger partial charge on any atom is 0.218 e. The predicted octanol–water partition coefficient (Wildman–Crippen LogP) is 4.78. The van der Waals surface area contributed by atoms with E-state index in [-0.39, 0.29) is 11.2 Å². The zero-order valence-electron chi connectivity index (χ0n) is 21.8. The van der Waals surface area contributed by atoms with E-state index >= 15 is 0 Å². The second-order valence-corrected chi connectivity index (χ2v) is 11.7. The number of hydrogen-bond donors (Lipinski definition) is 1. The number of piperazine rings is 1. The van der Waals surface area contributed by atoms with Crippen LogP contribution in [-0.2, 0) is 15.8 Å². The van der Waals surface area contributed by atoms with E-state index in [1.807, 2.05) is 102 Å². The first-order valence-corrected chi connectivity index (χ1v) is 14.8. The van der Waals surface area contributed by atoms with E-state index in [1.165, 1.54) is 0 Å². The maximum absolute atomic E-state index is 13.2. The molecule has 3 heterocycles. The molecule has 0 amide bonds. The van der Waals surface area contributed by atoms with Crippen LogP contribution >= 0.6 is 0 Å². The second-order valence-electron chi connectivity index (χ2n) is 9.74. The smallest absolute Gasteiger partial charge is 0.218 e. The van der Waals surface area contributed by atoms with Gasteiger partial charge in [-0.3, -0.25) is 9.36 Å². The summed E-state index contributed by atoms with van der Waals surface area (Å²) in [6.45, 7) is 1.75. The molecule has 0 saturated carbocycles. The Bertz CT molecular complexity index is 1790. The minimum atomic E-state index is -3.43. The van der Waals surface area contributed by atoms with E-state index in [0.717, 1.165) is 22.5 Å². The van der Waals surface area contributed by atoms with Crippen LogP contribution in [0.3, 0.4) is 0 Å². The van der Waals surface area contributed by atoms with Gasteiger partial charge in [-0.1, -0.05) is 66.7 Å². The van der Waals surface area contributed by atoms with Gasteiger partial charge in [-0.05, 0) is 29.8 Å². The largest absolute Gasteiger partial charge is 0.354 e. The Morgan fingerprint density at radius 3 is 2.08 bits per heavy atom. The number of aromatic nitrogens is 2. The number of rotatable bonds is 7. The van der Waals surface area contributed by atoms with E-state index in [0.29, 0.717) is 43.2 Å². The van der Waals surface area contributed by atoms with Crippen LogP contribution < -0.4 is 15.6 Å². The predicted molar refractivity (Wildman–Crippen MR) is 160 cm³/mol. The number of para-hydroxylation sites is 2. The lowest BCUT2D eigenvalue weighted by Crippen LogP contribution is -2.49. The van der Waals surface area contributed by atoms with Crippen molar-refractivity contribution in [1.29, 1.82) is 0 Å². The third-order valence-corrected chi connectivity index (χ3v) is 8.94. The van der Waals surface area contributed by atoms with E-state index < -0.39 is 10.0 Å². The number of hydrogen-bond acceptors (Lipinski definition) is 6. The van der Waals surface area contributed by atoms with Crippen LogP contribution in [0.15, 0.2) is 114 Å². The molecule has 0 aliphatic carbocycles. The van der Waals surface area contributed by atoms with Crippen LogP contribution in [0, 0.1) is 0 Å². The van der Waals surface area contributed by atoms with Gasteiger partial charge in [0.15, 0.2) is 5.43 Å². The molecule has 5 aromatic rings. The van der Waals surface area contributed by atoms with Gasteiger partial charge in [0.05, 0.1) is 16.7 Å². The quantitative estimate of drug-likeness (QED) is 0.313. The summed E-state index contributed by atoms with van der Waals surface area (Å²) >= 11 is 0. The Morgan fingerprint density at radius 2 is 1.40 bits per heavy atom. The molecule has 6 rings (SSSR count). The summed E-state index contributed by atoms with van der Waals surface area (Å²) in [4.78, 5) is 19.9. The van der Waals surface area contributed by atoms with Gasteiger partial charge in [0.1, 0.15) is 11.6 Å². The van der Waals surface area contributed by atoms with E-state index in [1.54, 1.807) is 16.6 Å². The van der Waals surface area contributed by atoms with E-state index in [4.69, 9.17) is 0 Å². The van der Waals surface area contributed by atoms with E-state index in [9.17, 15) is 13.2 Å². The van der Waals surface area contributed by atoms with Gasteiger partial charge in [-0.15, -0.1) is 0 Å². The van der Waals surface area contributed by atoms with Crippen LogP contribution in [-0.4, -0.2) is 48.5 Å². The Morgan fingerprint density at radius 1 is 0.775 bits per heavy atom. The number of anilines is 3. The van der Waals surface area contributed by atoms with Crippen molar-refractivity contribution in [2.45, 2.75) is 5.75 Å². The summed E-state index contributed by atoms with van der Waals surface area (Å²) in [6.07, 6.45) is 1.62. The Labute approximate surface area is 233 Å². The molecule has 0 radical (unpaired) electrons. The summed E-state index contributed by atoms with van der Waals surface area (Å²) < 4.78 is 29.7. The lowest BCUT2D eigenvalue weighted by Gasteiger charge is -2.35. The molecule has 0 bridgehead atoms. The first-order chi connectivity index (χ1) is 19.5. The van der Waals surface area contributed by atoms with Gasteiger partial charge in [0, 0.05) is 55.9 Å². The molecular formula is C31H29N5O3S. The number of nitrogens with one attached hydrogen (secondary N) is 1. The lowest BCUT2D eigenvalue weighted by molar-refractivity contribution is 0.383. The van der Waals surface area contributed by atoms with Gasteiger partial charge in [-0.2, -0.15) is 4.31 Å². The van der Waals surface area contributed by atoms with Crippen molar-refractivity contribution in [1.82, 2.24) is 13.9 Å². The van der Waals surface area contributed by atoms with E-state index in [2.05, 4.69) is 15.2 Å². The van der Waals surface area contributed by atoms with Gasteiger partial charge in [0.25, 0.3) is 0 Å². The SMILES string of the molecule is O=c1cc(Nc2ccccc2)n(-c2ccccc2)c2cc(N3CCN(S(=O)(=O)Cc4ccccc4)CC3)ncc12. The fourth-order valence-electron chi connectivity index (χ4n) is 5.07. The molecule has 1 aliphatic heterocycles. The topological polar surface area (TPSA) is 87.5 Å². The molecule has 0 unspecified atom stereocenters. The monoisotopic (exact) mass is 551 g/mol. The third kappa shape index (κ3) is 5.34. The average molecular weight is 552 g/mol. The van der Waals surface area contributed by atoms with Crippen LogP contribution in [0.2, 0.25) is 0 Å². The summed E-state index contributed by atoms with van der Waals surface area (Å²) in [5, 5.41) is 3.91. The fourth-order valence-corrected chi connectivity index (χ4v) is 6.58. The fraction of sp³-hybridized carbons (Fsp3) is 0.161. The summed E-state index contributed by atoms with van der Waals surface area (Å²) in [5.74, 6) is 1.33. The van der Waals surface area contributed by atoms with Crippen molar-refractivity contribution in [2.24, 2.45) is 0 Å². The normalized spacial score (nSPS) is 14.3. The molecule has 2 aromatic heterocycles. The van der Waals surface area contributed by atoms with Gasteiger partial charge >= 0.3 is 0 Å². The van der Waals surface area contributed by atoms with Crippen molar-refractivity contribution in [2.75, 3.05) is 36.4 Å². The van der Waals surface area contributed by atoms with Crippen molar-refractivity contribution in [3.63, 3.8) is 0 Å². The molecule has 1 N–H and O–H groups in total. The number of benzene rings is 3. The van der Waals surface area contributed by atoms with Gasteiger partial charge < -0.3 is 10.2 Å². The highest BCUT2D eigenvalue weighted by molar-refractivity contribution is 7.88. The Balaban J connectivity index is 1.32. The first-order valence-electron chi connectivity index (χ1n) is 13.2. The Kier molecular flexibility index (Phi) is 7.06. The van der Waals surface area contributed by atoms with Crippen molar-refractivity contribution in [3.05, 3.63) is 125 Å². The zero-order valence-corrected chi connectivity index (χ0v) is 22.7. The van der Waals surface area contributed by atoms with Gasteiger partial charge in [0.2, 0.25) is 10.0 Å². The molecule has 202 valence electrons. The molecule has 1 saturated heterocycles. The second kappa shape index (κ2) is 11.0. The lowest BCUT2D eigenvalue weighted by atomic mass is 10.2. The minimum Gasteiger partial charge on any atom is -0.354 e. The van der Waals surface area contributed by atoms with Crippen molar-refractivity contribution >= 4 is 38.2 Å². The van der Waals surface area contributed by atoms with Gasteiger partial charge in [-0.25, -0.2) is 13.4 Å². The number of nitrogens with zero attached hydrogens (tertiary/aromatic N) is 4. The molecule has 3 aromatic carbocycles. The zero-order chi connectivity index (χ0) is 27.5. The highest BCUT2D eigenvalue weighted by atomic mass is 32.2. The first kappa shape index (κ1) is 25.8. The molecule has 8 nitrogen and oxygen atoms in total. The van der Waals surface area contributed by atoms with Crippen LogP contribution in [0.4, 0.5) is 17.3 Å². The number of sulfonamides is 1. The highest BCUT2D eigenvalue weighted by Crippen LogP contribution is 2.28. The molecular weight excluding hydrogens is 522 g/mol. The molecule has 1 aliphatic rings. The minimum absolute atomic E-state index is 0.0113. The molecule has 40 heavy (non-hydrogen) atoms. The van der Waals surface area contributed by atoms with Crippen LogP contribution in [0.5, 0.6) is 0 Å². The summed E-state index contributed by atoms with van der Waals surface area (Å²) in [5.41, 5.74) is 3.14. The van der Waals surface area contributed by atoms with Crippen molar-refractivity contribution in [3.8, 4) is 5.69 Å². The third-order valence-electron chi connectivity index (χ3n) is 7.09. The molecule has 9 heteroatoms. The molecule has 0 spiro atoms. The summed E-state index contributed by atoms with van der Waals surface area (Å²) in [7, 11) is -3.43. The number of pyridine rings is 2. The van der Waals surface area contributed by atoms with Crippen LogP contribution in [0.25, 0.3) is 16.6 Å². The molecule has 0 atom stereocenters. The van der Waals surface area contributed by atoms with Crippen LogP contribution in [0.1, 0.15) is 5.56 Å². The standard InChI is InChI=1S/C31H29N5O3S/c37-29-21-31(33-25-12-6-2-7-13-25)36(26-14-8-3-9-15-26)28-20-30(32-22-27(28)29)34-16-18-35(19-17-34)40(38,39)23-24-10-4-1-5-11-24/h1-15,20-22,33H,16-19,23H2. The Hall–Kier alpha value is -4.47. The molecule has 1 fully saturated rings. The number of fused-ring (bicyclic) bond motifs is 1. The summed E-state index contributed by atoms with van der Waals surface area (Å²) in [6, 6.07) is 32.4. The highest BCUT2D eigenvalue weighted by Gasteiger charge is 2.28. The average Bonchev–Trinajstić information content (AvgIpc) is 2.98. The van der Waals surface area contributed by atoms with Crippen molar-refractivity contribution < 1.29 is 8.42 Å².